The van der Waals surface area contributed by atoms with Gasteiger partial charge in [0, 0.05) is 54.7 Å². The van der Waals surface area contributed by atoms with Crippen LogP contribution in [-0.4, -0.2) is 65.0 Å². The summed E-state index contributed by atoms with van der Waals surface area (Å²) >= 11 is 0. The molecular weight excluding hydrogens is 442 g/mol. The highest BCUT2D eigenvalue weighted by Crippen LogP contribution is 2.24. The van der Waals surface area contributed by atoms with Gasteiger partial charge in [-0.1, -0.05) is 6.07 Å². The maximum absolute atomic E-state index is 12.7. The van der Waals surface area contributed by atoms with Crippen LogP contribution >= 0.6 is 0 Å². The molecule has 0 bridgehead atoms. The lowest BCUT2D eigenvalue weighted by Gasteiger charge is -2.26. The van der Waals surface area contributed by atoms with Crippen molar-refractivity contribution < 1.29 is 9.53 Å². The monoisotopic (exact) mass is 467 g/mol. The third kappa shape index (κ3) is 5.30. The molecule has 5 rings (SSSR count). The van der Waals surface area contributed by atoms with Crippen LogP contribution in [0, 0.1) is 11.3 Å². The van der Waals surface area contributed by atoms with E-state index in [2.05, 4.69) is 31.7 Å². The Kier molecular flexibility index (Phi) is 6.66. The summed E-state index contributed by atoms with van der Waals surface area (Å²) in [4.78, 5) is 19.4. The van der Waals surface area contributed by atoms with E-state index in [4.69, 9.17) is 10.00 Å². The first kappa shape index (κ1) is 22.5. The molecule has 3 heterocycles. The van der Waals surface area contributed by atoms with Crippen LogP contribution in [0.1, 0.15) is 15.9 Å². The van der Waals surface area contributed by atoms with Crippen molar-refractivity contribution in [2.75, 3.05) is 44.7 Å². The van der Waals surface area contributed by atoms with Gasteiger partial charge in [-0.05, 0) is 48.5 Å². The van der Waals surface area contributed by atoms with Gasteiger partial charge in [0.25, 0.3) is 5.91 Å². The maximum Gasteiger partial charge on any atom is 0.251 e. The number of pyridine rings is 1. The average Bonchev–Trinajstić information content (AvgIpc) is 3.33. The summed E-state index contributed by atoms with van der Waals surface area (Å²) in [7, 11) is 0. The Bertz CT molecular complexity index is 1390. The minimum absolute atomic E-state index is 0.135. The molecule has 2 aromatic heterocycles. The van der Waals surface area contributed by atoms with Crippen LogP contribution in [0.15, 0.2) is 67.0 Å². The minimum atomic E-state index is -0.135. The minimum Gasteiger partial charge on any atom is -0.379 e. The molecular formula is C26H25N7O2. The molecule has 0 saturated carbocycles. The number of hydrogen-bond donors (Lipinski definition) is 2. The van der Waals surface area contributed by atoms with Crippen molar-refractivity contribution in [1.29, 1.82) is 5.26 Å². The van der Waals surface area contributed by atoms with Gasteiger partial charge in [0.1, 0.15) is 0 Å². The first-order valence-corrected chi connectivity index (χ1v) is 11.5. The quantitative estimate of drug-likeness (QED) is 0.430. The molecule has 1 fully saturated rings. The molecule has 2 aromatic carbocycles. The topological polar surface area (TPSA) is 108 Å². The van der Waals surface area contributed by atoms with Gasteiger partial charge in [0.2, 0.25) is 0 Å². The number of nitriles is 1. The second kappa shape index (κ2) is 10.3. The largest absolute Gasteiger partial charge is 0.379 e. The maximum atomic E-state index is 12.7. The Labute approximate surface area is 202 Å². The van der Waals surface area contributed by atoms with Crippen molar-refractivity contribution in [2.24, 2.45) is 0 Å². The van der Waals surface area contributed by atoms with Crippen LogP contribution in [0.25, 0.3) is 16.7 Å². The Balaban J connectivity index is 1.29. The van der Waals surface area contributed by atoms with Crippen molar-refractivity contribution in [3.63, 3.8) is 0 Å². The fraction of sp³-hybridized carbons (Fsp3) is 0.231. The van der Waals surface area contributed by atoms with Gasteiger partial charge < -0.3 is 15.4 Å². The number of hydrogen-bond acceptors (Lipinski definition) is 7. The van der Waals surface area contributed by atoms with Crippen LogP contribution in [0.5, 0.6) is 0 Å². The number of morpholine rings is 1. The fourth-order valence-corrected chi connectivity index (χ4v) is 4.06. The van der Waals surface area contributed by atoms with E-state index >= 15 is 0 Å². The fourth-order valence-electron chi connectivity index (χ4n) is 4.06. The lowest BCUT2D eigenvalue weighted by Crippen LogP contribution is -2.41. The van der Waals surface area contributed by atoms with Crippen LogP contribution in [0.2, 0.25) is 0 Å². The lowest BCUT2D eigenvalue weighted by atomic mass is 10.2. The molecule has 176 valence electrons. The highest BCUT2D eigenvalue weighted by molar-refractivity contribution is 5.94. The van der Waals surface area contributed by atoms with E-state index in [9.17, 15) is 4.79 Å². The van der Waals surface area contributed by atoms with Crippen molar-refractivity contribution in [1.82, 2.24) is 25.0 Å². The highest BCUT2D eigenvalue weighted by atomic mass is 16.5. The molecule has 9 heteroatoms. The predicted octanol–water partition coefficient (Wildman–Crippen LogP) is 3.10. The Hall–Kier alpha value is -4.26. The number of carbonyl (C=O) groups excluding carboxylic acids is 1. The summed E-state index contributed by atoms with van der Waals surface area (Å²) in [6.07, 6.45) is 3.39. The summed E-state index contributed by atoms with van der Waals surface area (Å²) in [6, 6.07) is 18.8. The van der Waals surface area contributed by atoms with Crippen LogP contribution in [0.4, 0.5) is 11.4 Å². The SMILES string of the molecule is N#Cc1cccc(Nc2ccc3c(cnn3-c3cc(C(=O)NCCN4CCOCC4)ccn3)c2)c1. The molecule has 4 aromatic rings. The zero-order valence-corrected chi connectivity index (χ0v) is 19.1. The van der Waals surface area contributed by atoms with Gasteiger partial charge in [0.15, 0.2) is 5.82 Å². The van der Waals surface area contributed by atoms with Crippen molar-refractivity contribution >= 4 is 28.2 Å². The molecule has 1 aliphatic heterocycles. The number of aromatic nitrogens is 3. The van der Waals surface area contributed by atoms with E-state index < -0.39 is 0 Å². The second-order valence-electron chi connectivity index (χ2n) is 8.26. The van der Waals surface area contributed by atoms with Crippen molar-refractivity contribution in [2.45, 2.75) is 0 Å². The first-order valence-electron chi connectivity index (χ1n) is 11.5. The number of nitrogens with zero attached hydrogens (tertiary/aromatic N) is 5. The molecule has 0 radical (unpaired) electrons. The molecule has 1 amide bonds. The van der Waals surface area contributed by atoms with E-state index in [1.807, 2.05) is 30.3 Å². The summed E-state index contributed by atoms with van der Waals surface area (Å²) < 4.78 is 7.08. The summed E-state index contributed by atoms with van der Waals surface area (Å²) in [5.74, 6) is 0.438. The molecule has 35 heavy (non-hydrogen) atoms. The Morgan fingerprint density at radius 2 is 1.94 bits per heavy atom. The molecule has 2 N–H and O–H groups in total. The van der Waals surface area contributed by atoms with Gasteiger partial charge >= 0.3 is 0 Å². The summed E-state index contributed by atoms with van der Waals surface area (Å²) in [5.41, 5.74) is 3.73. The molecule has 0 spiro atoms. The van der Waals surface area contributed by atoms with E-state index in [1.54, 1.807) is 41.3 Å². The van der Waals surface area contributed by atoms with Gasteiger partial charge in [-0.15, -0.1) is 0 Å². The standard InChI is InChI=1S/C26H25N7O2/c27-17-19-2-1-3-22(14-19)31-23-4-5-24-21(15-23)18-30-33(24)25-16-20(6-7-28-25)26(34)29-8-9-32-10-12-35-13-11-32/h1-7,14-16,18,31H,8-13H2,(H,29,34). The zero-order valence-electron chi connectivity index (χ0n) is 19.1. The van der Waals surface area contributed by atoms with Gasteiger partial charge in [0.05, 0.1) is 36.6 Å². The predicted molar refractivity (Wildman–Crippen MR) is 133 cm³/mol. The first-order chi connectivity index (χ1) is 17.2. The van der Waals surface area contributed by atoms with Crippen LogP contribution in [-0.2, 0) is 4.74 Å². The molecule has 9 nitrogen and oxygen atoms in total. The van der Waals surface area contributed by atoms with Crippen LogP contribution < -0.4 is 10.6 Å². The van der Waals surface area contributed by atoms with E-state index in [0.29, 0.717) is 23.5 Å². The van der Waals surface area contributed by atoms with Crippen molar-refractivity contribution in [3.05, 3.63) is 78.1 Å². The lowest BCUT2D eigenvalue weighted by molar-refractivity contribution is 0.0383. The van der Waals surface area contributed by atoms with E-state index in [1.165, 1.54) is 0 Å². The number of carbonyl (C=O) groups is 1. The summed E-state index contributed by atoms with van der Waals surface area (Å²) in [6.45, 7) is 4.65. The number of rotatable bonds is 7. The molecule has 0 aliphatic carbocycles. The summed E-state index contributed by atoms with van der Waals surface area (Å²) in [5, 5.41) is 20.8. The smallest absolute Gasteiger partial charge is 0.251 e. The zero-order chi connectivity index (χ0) is 24.0. The average molecular weight is 468 g/mol. The van der Waals surface area contributed by atoms with Crippen molar-refractivity contribution in [3.8, 4) is 11.9 Å². The molecule has 0 unspecified atom stereocenters. The van der Waals surface area contributed by atoms with E-state index in [0.717, 1.165) is 55.1 Å². The Morgan fingerprint density at radius 1 is 1.09 bits per heavy atom. The normalized spacial score (nSPS) is 13.9. The molecule has 1 saturated heterocycles. The third-order valence-corrected chi connectivity index (χ3v) is 5.89. The van der Waals surface area contributed by atoms with Gasteiger partial charge in [-0.3, -0.25) is 9.69 Å². The number of nitrogens with one attached hydrogen (secondary N) is 2. The molecule has 0 atom stereocenters. The number of benzene rings is 2. The molecule has 1 aliphatic rings. The number of ether oxygens (including phenoxy) is 1. The second-order valence-corrected chi connectivity index (χ2v) is 8.26. The number of anilines is 2. The highest BCUT2D eigenvalue weighted by Gasteiger charge is 2.13. The van der Waals surface area contributed by atoms with E-state index in [-0.39, 0.29) is 5.91 Å². The van der Waals surface area contributed by atoms with Gasteiger partial charge in [-0.2, -0.15) is 10.4 Å². The van der Waals surface area contributed by atoms with Crippen LogP contribution in [0.3, 0.4) is 0 Å². The Morgan fingerprint density at radius 3 is 2.80 bits per heavy atom. The number of fused-ring (bicyclic) bond motifs is 1. The van der Waals surface area contributed by atoms with Gasteiger partial charge in [-0.25, -0.2) is 9.67 Å². The third-order valence-electron chi connectivity index (χ3n) is 5.89. The number of amides is 1.